The molecule has 1 saturated carbocycles. The number of benzene rings is 1. The Morgan fingerprint density at radius 3 is 2.47 bits per heavy atom. The van der Waals surface area contributed by atoms with E-state index in [1.807, 2.05) is 16.8 Å². The smallest absolute Gasteiger partial charge is 0.173 e. The molecule has 3 fully saturated rings. The van der Waals surface area contributed by atoms with Gasteiger partial charge in [0.1, 0.15) is 0 Å². The van der Waals surface area contributed by atoms with Gasteiger partial charge in [-0.3, -0.25) is 9.80 Å². The summed E-state index contributed by atoms with van der Waals surface area (Å²) in [6.07, 6.45) is 7.89. The molecular weight excluding hydrogens is 400 g/mol. The Hall–Kier alpha value is -1.54. The predicted octanol–water partition coefficient (Wildman–Crippen LogP) is 3.16. The van der Waals surface area contributed by atoms with E-state index in [4.69, 9.17) is 16.3 Å². The molecule has 0 unspecified atom stereocenters. The summed E-state index contributed by atoms with van der Waals surface area (Å²) in [4.78, 5) is 5.23. The van der Waals surface area contributed by atoms with Crippen LogP contribution in [0.1, 0.15) is 56.0 Å². The van der Waals surface area contributed by atoms with E-state index in [0.717, 1.165) is 62.5 Å². The molecule has 0 N–H and O–H groups in total. The number of rotatable bonds is 6. The number of tetrazole rings is 1. The lowest BCUT2D eigenvalue weighted by Gasteiger charge is -2.41. The predicted molar refractivity (Wildman–Crippen MR) is 115 cm³/mol. The minimum atomic E-state index is 0.0318. The topological polar surface area (TPSA) is 59.3 Å². The van der Waals surface area contributed by atoms with E-state index < -0.39 is 0 Å². The van der Waals surface area contributed by atoms with Crippen LogP contribution in [-0.2, 0) is 11.3 Å². The molecule has 5 rings (SSSR count). The van der Waals surface area contributed by atoms with Crippen molar-refractivity contribution >= 4 is 11.6 Å². The van der Waals surface area contributed by atoms with Crippen molar-refractivity contribution in [2.75, 3.05) is 32.8 Å². The highest BCUT2D eigenvalue weighted by Gasteiger charge is 2.33. The fraction of sp³-hybridized carbons (Fsp3) is 0.682. The van der Waals surface area contributed by atoms with Gasteiger partial charge in [-0.25, -0.2) is 4.68 Å². The summed E-state index contributed by atoms with van der Waals surface area (Å²) in [6.45, 7) is 5.83. The largest absolute Gasteiger partial charge is 0.376 e. The molecular formula is C22H31ClN6O. The Morgan fingerprint density at radius 1 is 1.00 bits per heavy atom. The van der Waals surface area contributed by atoms with Crippen LogP contribution in [0.25, 0.3) is 0 Å². The standard InChI is InChI=1S/C22H31ClN6O/c23-18-9-7-17(8-10-18)21(22-24-25-26-29(22)16-20-6-3-15-30-20)28-13-11-27(12-14-28)19-4-1-2-5-19/h7-10,19-21H,1-6,11-16H2/t20-,21-/m1/s1. The number of hydrogen-bond acceptors (Lipinski definition) is 6. The van der Waals surface area contributed by atoms with Crippen molar-refractivity contribution in [3.63, 3.8) is 0 Å². The number of aromatic nitrogens is 4. The van der Waals surface area contributed by atoms with Crippen molar-refractivity contribution in [2.24, 2.45) is 0 Å². The van der Waals surface area contributed by atoms with Crippen LogP contribution in [0.3, 0.4) is 0 Å². The Kier molecular flexibility index (Phi) is 6.32. The van der Waals surface area contributed by atoms with E-state index >= 15 is 0 Å². The van der Waals surface area contributed by atoms with Crippen LogP contribution in [0.4, 0.5) is 0 Å². The van der Waals surface area contributed by atoms with Crippen LogP contribution < -0.4 is 0 Å². The fourth-order valence-corrected chi connectivity index (χ4v) is 5.44. The van der Waals surface area contributed by atoms with Gasteiger partial charge < -0.3 is 4.74 Å². The molecule has 8 heteroatoms. The Morgan fingerprint density at radius 2 is 1.77 bits per heavy atom. The van der Waals surface area contributed by atoms with Crippen molar-refractivity contribution in [3.8, 4) is 0 Å². The molecule has 3 heterocycles. The van der Waals surface area contributed by atoms with Crippen molar-refractivity contribution < 1.29 is 4.74 Å². The second-order valence-electron chi connectivity index (χ2n) is 8.82. The average Bonchev–Trinajstić information content (AvgIpc) is 3.54. The average molecular weight is 431 g/mol. The maximum atomic E-state index is 6.18. The van der Waals surface area contributed by atoms with Crippen LogP contribution in [-0.4, -0.2) is 74.9 Å². The molecule has 2 aromatic rings. The highest BCUT2D eigenvalue weighted by Crippen LogP contribution is 2.31. The van der Waals surface area contributed by atoms with Gasteiger partial charge in [0.25, 0.3) is 0 Å². The number of piperazine rings is 1. The van der Waals surface area contributed by atoms with Gasteiger partial charge in [-0.2, -0.15) is 0 Å². The first kappa shape index (κ1) is 20.4. The molecule has 1 aromatic heterocycles. The maximum Gasteiger partial charge on any atom is 0.173 e. The summed E-state index contributed by atoms with van der Waals surface area (Å²) < 4.78 is 7.80. The number of ether oxygens (including phenoxy) is 1. The summed E-state index contributed by atoms with van der Waals surface area (Å²) in [5, 5.41) is 13.6. The van der Waals surface area contributed by atoms with E-state index in [2.05, 4.69) is 37.5 Å². The van der Waals surface area contributed by atoms with Gasteiger partial charge in [0.05, 0.1) is 18.7 Å². The van der Waals surface area contributed by atoms with E-state index in [9.17, 15) is 0 Å². The molecule has 7 nitrogen and oxygen atoms in total. The minimum Gasteiger partial charge on any atom is -0.376 e. The normalized spacial score (nSPS) is 25.2. The molecule has 162 valence electrons. The van der Waals surface area contributed by atoms with Gasteiger partial charge in [0, 0.05) is 43.9 Å². The number of hydrogen-bond donors (Lipinski definition) is 0. The molecule has 1 aliphatic carbocycles. The third-order valence-electron chi connectivity index (χ3n) is 6.95. The zero-order valence-electron chi connectivity index (χ0n) is 17.5. The third kappa shape index (κ3) is 4.40. The fourth-order valence-electron chi connectivity index (χ4n) is 5.32. The van der Waals surface area contributed by atoms with Crippen LogP contribution in [0.5, 0.6) is 0 Å². The summed E-state index contributed by atoms with van der Waals surface area (Å²) in [5.41, 5.74) is 1.19. The molecule has 30 heavy (non-hydrogen) atoms. The van der Waals surface area contributed by atoms with Gasteiger partial charge in [0.15, 0.2) is 5.82 Å². The molecule has 0 spiro atoms. The minimum absolute atomic E-state index is 0.0318. The highest BCUT2D eigenvalue weighted by atomic mass is 35.5. The van der Waals surface area contributed by atoms with Crippen LogP contribution >= 0.6 is 11.6 Å². The zero-order valence-corrected chi connectivity index (χ0v) is 18.3. The van der Waals surface area contributed by atoms with Crippen molar-refractivity contribution in [2.45, 2.75) is 63.3 Å². The second kappa shape index (κ2) is 9.30. The first-order valence-electron chi connectivity index (χ1n) is 11.4. The number of halogens is 1. The summed E-state index contributed by atoms with van der Waals surface area (Å²) in [7, 11) is 0. The van der Waals surface area contributed by atoms with Gasteiger partial charge in [-0.15, -0.1) is 5.10 Å². The van der Waals surface area contributed by atoms with Gasteiger partial charge in [0.2, 0.25) is 0 Å². The van der Waals surface area contributed by atoms with Crippen molar-refractivity contribution in [3.05, 3.63) is 40.7 Å². The summed E-state index contributed by atoms with van der Waals surface area (Å²) >= 11 is 6.18. The first-order valence-corrected chi connectivity index (χ1v) is 11.8. The Balaban J connectivity index is 1.38. The van der Waals surface area contributed by atoms with E-state index in [1.165, 1.54) is 31.2 Å². The molecule has 3 aliphatic rings. The van der Waals surface area contributed by atoms with Crippen LogP contribution in [0.15, 0.2) is 24.3 Å². The molecule has 2 atom stereocenters. The number of nitrogens with zero attached hydrogens (tertiary/aromatic N) is 6. The first-order chi connectivity index (χ1) is 14.8. The monoisotopic (exact) mass is 430 g/mol. The van der Waals surface area contributed by atoms with Gasteiger partial charge in [-0.05, 0) is 53.8 Å². The maximum absolute atomic E-state index is 6.18. The van der Waals surface area contributed by atoms with Crippen LogP contribution in [0.2, 0.25) is 5.02 Å². The zero-order chi connectivity index (χ0) is 20.3. The SMILES string of the molecule is Clc1ccc([C@H](c2nnnn2C[C@H]2CCCO2)N2CCN(C3CCCC3)CC2)cc1. The van der Waals surface area contributed by atoms with E-state index in [0.29, 0.717) is 6.54 Å². The summed E-state index contributed by atoms with van der Waals surface area (Å²) in [6, 6.07) is 8.97. The molecule has 0 radical (unpaired) electrons. The van der Waals surface area contributed by atoms with E-state index in [1.54, 1.807) is 0 Å². The summed E-state index contributed by atoms with van der Waals surface area (Å²) in [5.74, 6) is 0.905. The molecule has 1 aromatic carbocycles. The second-order valence-corrected chi connectivity index (χ2v) is 9.25. The quantitative estimate of drug-likeness (QED) is 0.701. The lowest BCUT2D eigenvalue weighted by Crippen LogP contribution is -2.51. The molecule has 2 aliphatic heterocycles. The third-order valence-corrected chi connectivity index (χ3v) is 7.20. The highest BCUT2D eigenvalue weighted by molar-refractivity contribution is 6.30. The lowest BCUT2D eigenvalue weighted by molar-refractivity contribution is 0.0720. The van der Waals surface area contributed by atoms with E-state index in [-0.39, 0.29) is 12.1 Å². The van der Waals surface area contributed by atoms with Gasteiger partial charge >= 0.3 is 0 Å². The van der Waals surface area contributed by atoms with Gasteiger partial charge in [-0.1, -0.05) is 36.6 Å². The Labute approximate surface area is 183 Å². The molecule has 0 amide bonds. The molecule has 2 saturated heterocycles. The van der Waals surface area contributed by atoms with Crippen molar-refractivity contribution in [1.29, 1.82) is 0 Å². The molecule has 0 bridgehead atoms. The van der Waals surface area contributed by atoms with Crippen LogP contribution in [0, 0.1) is 0 Å². The Bertz CT molecular complexity index is 807. The van der Waals surface area contributed by atoms with Crippen molar-refractivity contribution in [1.82, 2.24) is 30.0 Å². The lowest BCUT2D eigenvalue weighted by atomic mass is 10.0.